The number of rotatable bonds is 5. The molecule has 0 radical (unpaired) electrons. The zero-order valence-electron chi connectivity index (χ0n) is 13.7. The number of guanidine groups is 1. The quantitative estimate of drug-likeness (QED) is 0.554. The lowest BCUT2D eigenvalue weighted by Gasteiger charge is -2.13. The molecule has 2 aromatic rings. The van der Waals surface area contributed by atoms with Crippen LogP contribution in [0, 0.1) is 0 Å². The summed E-state index contributed by atoms with van der Waals surface area (Å²) in [6.07, 6.45) is 0. The molecule has 0 bridgehead atoms. The first-order valence-corrected chi connectivity index (χ1v) is 8.77. The highest BCUT2D eigenvalue weighted by atomic mass is 79.9. The Balaban J connectivity index is 1.93. The van der Waals surface area contributed by atoms with Crippen molar-refractivity contribution < 1.29 is 4.74 Å². The Labute approximate surface area is 160 Å². The lowest BCUT2D eigenvalue weighted by atomic mass is 10.2. The predicted molar refractivity (Wildman–Crippen MR) is 103 cm³/mol. The van der Waals surface area contributed by atoms with E-state index in [0.717, 1.165) is 21.5 Å². The Kier molecular flexibility index (Phi) is 6.83. The Morgan fingerprint density at radius 1 is 1.25 bits per heavy atom. The first kappa shape index (κ1) is 19.0. The van der Waals surface area contributed by atoms with Gasteiger partial charge in [-0.2, -0.15) is 0 Å². The fraction of sp³-hybridized carbons (Fsp3) is 0.312. The van der Waals surface area contributed by atoms with E-state index < -0.39 is 0 Å². The van der Waals surface area contributed by atoms with Crippen LogP contribution in [0.3, 0.4) is 0 Å². The van der Waals surface area contributed by atoms with E-state index >= 15 is 0 Å². The summed E-state index contributed by atoms with van der Waals surface area (Å²) in [5.74, 6) is 1.49. The largest absolute Gasteiger partial charge is 0.496 e. The van der Waals surface area contributed by atoms with Crippen molar-refractivity contribution in [2.45, 2.75) is 13.1 Å². The van der Waals surface area contributed by atoms with Crippen LogP contribution < -0.4 is 15.4 Å². The van der Waals surface area contributed by atoms with Crippen molar-refractivity contribution >= 4 is 45.1 Å². The molecule has 0 aliphatic rings. The standard InChI is InChI=1S/C16H19BrCl2N4O/c1-20-16(22-9-11-7-13(18)15(19)23(11)2)21-8-10-4-5-14(24-3)12(17)6-10/h4-7H,8-9H2,1-3H3,(H2,20,21,22). The van der Waals surface area contributed by atoms with E-state index in [4.69, 9.17) is 27.9 Å². The van der Waals surface area contributed by atoms with Crippen LogP contribution in [0.1, 0.15) is 11.3 Å². The van der Waals surface area contributed by atoms with Crippen LogP contribution in [0.15, 0.2) is 33.7 Å². The highest BCUT2D eigenvalue weighted by molar-refractivity contribution is 9.10. The fourth-order valence-corrected chi connectivity index (χ4v) is 3.16. The zero-order valence-corrected chi connectivity index (χ0v) is 16.8. The Morgan fingerprint density at radius 2 is 1.96 bits per heavy atom. The number of hydrogen-bond acceptors (Lipinski definition) is 2. The molecule has 0 atom stereocenters. The average Bonchev–Trinajstić information content (AvgIpc) is 2.82. The Bertz CT molecular complexity index is 746. The van der Waals surface area contributed by atoms with Gasteiger partial charge in [-0.25, -0.2) is 0 Å². The molecule has 0 saturated heterocycles. The van der Waals surface area contributed by atoms with E-state index in [1.807, 2.05) is 35.9 Å². The molecule has 1 heterocycles. The summed E-state index contributed by atoms with van der Waals surface area (Å²) < 4.78 is 7.98. The highest BCUT2D eigenvalue weighted by Gasteiger charge is 2.09. The van der Waals surface area contributed by atoms with Crippen molar-refractivity contribution in [1.82, 2.24) is 15.2 Å². The number of nitrogens with one attached hydrogen (secondary N) is 2. The monoisotopic (exact) mass is 432 g/mol. The van der Waals surface area contributed by atoms with Crippen LogP contribution in [0.5, 0.6) is 5.75 Å². The zero-order chi connectivity index (χ0) is 17.7. The van der Waals surface area contributed by atoms with Gasteiger partial charge < -0.3 is 19.9 Å². The van der Waals surface area contributed by atoms with Gasteiger partial charge in [-0.15, -0.1) is 0 Å². The minimum Gasteiger partial charge on any atom is -0.496 e. The minimum atomic E-state index is 0.527. The van der Waals surface area contributed by atoms with Crippen molar-refractivity contribution in [2.24, 2.45) is 12.0 Å². The van der Waals surface area contributed by atoms with Crippen LogP contribution in [-0.2, 0) is 20.1 Å². The van der Waals surface area contributed by atoms with E-state index in [1.54, 1.807) is 14.2 Å². The summed E-state index contributed by atoms with van der Waals surface area (Å²) in [6.45, 7) is 1.20. The minimum absolute atomic E-state index is 0.527. The summed E-state index contributed by atoms with van der Waals surface area (Å²) in [5, 5.41) is 7.57. The third-order valence-corrected chi connectivity index (χ3v) is 5.01. The van der Waals surface area contributed by atoms with Gasteiger partial charge in [-0.05, 0) is 39.7 Å². The van der Waals surface area contributed by atoms with Crippen LogP contribution in [0.4, 0.5) is 0 Å². The van der Waals surface area contributed by atoms with Crippen molar-refractivity contribution in [2.75, 3.05) is 14.2 Å². The number of aromatic nitrogens is 1. The molecule has 24 heavy (non-hydrogen) atoms. The van der Waals surface area contributed by atoms with Gasteiger partial charge in [0.25, 0.3) is 0 Å². The molecule has 2 N–H and O–H groups in total. The Morgan fingerprint density at radius 3 is 2.50 bits per heavy atom. The molecule has 0 aliphatic carbocycles. The lowest BCUT2D eigenvalue weighted by molar-refractivity contribution is 0.412. The van der Waals surface area contributed by atoms with E-state index in [9.17, 15) is 0 Å². The fourth-order valence-electron chi connectivity index (χ4n) is 2.16. The van der Waals surface area contributed by atoms with Gasteiger partial charge in [0, 0.05) is 26.3 Å². The lowest BCUT2D eigenvalue weighted by Crippen LogP contribution is -2.36. The summed E-state index contributed by atoms with van der Waals surface area (Å²) in [5.41, 5.74) is 2.08. The molecule has 0 unspecified atom stereocenters. The molecule has 130 valence electrons. The number of benzene rings is 1. The second-order valence-corrected chi connectivity index (χ2v) is 6.70. The molecule has 0 spiro atoms. The second-order valence-electron chi connectivity index (χ2n) is 5.08. The van der Waals surface area contributed by atoms with Gasteiger partial charge in [0.15, 0.2) is 5.96 Å². The summed E-state index contributed by atoms with van der Waals surface area (Å²) in [6, 6.07) is 7.77. The molecule has 0 saturated carbocycles. The normalized spacial score (nSPS) is 11.5. The van der Waals surface area contributed by atoms with Crippen molar-refractivity contribution in [1.29, 1.82) is 0 Å². The van der Waals surface area contributed by atoms with Gasteiger partial charge in [0.2, 0.25) is 0 Å². The van der Waals surface area contributed by atoms with E-state index in [1.165, 1.54) is 0 Å². The van der Waals surface area contributed by atoms with Crippen LogP contribution in [0.2, 0.25) is 10.2 Å². The van der Waals surface area contributed by atoms with Crippen LogP contribution in [-0.4, -0.2) is 24.7 Å². The SMILES string of the molecule is CN=C(NCc1ccc(OC)c(Br)c1)NCc1cc(Cl)c(Cl)n1C. The van der Waals surface area contributed by atoms with Crippen molar-refractivity contribution in [3.05, 3.63) is 50.2 Å². The van der Waals surface area contributed by atoms with Gasteiger partial charge in [-0.3, -0.25) is 4.99 Å². The molecule has 0 aliphatic heterocycles. The average molecular weight is 434 g/mol. The van der Waals surface area contributed by atoms with Gasteiger partial charge in [0.05, 0.1) is 23.1 Å². The van der Waals surface area contributed by atoms with Crippen molar-refractivity contribution in [3.8, 4) is 5.75 Å². The molecule has 2 rings (SSSR count). The van der Waals surface area contributed by atoms with Crippen LogP contribution >= 0.6 is 39.1 Å². The number of hydrogen-bond donors (Lipinski definition) is 2. The summed E-state index contributed by atoms with van der Waals surface area (Å²) in [7, 11) is 5.24. The molecule has 8 heteroatoms. The highest BCUT2D eigenvalue weighted by Crippen LogP contribution is 2.26. The maximum Gasteiger partial charge on any atom is 0.191 e. The van der Waals surface area contributed by atoms with E-state index in [0.29, 0.717) is 29.2 Å². The van der Waals surface area contributed by atoms with E-state index in [2.05, 4.69) is 31.6 Å². The molecule has 1 aromatic carbocycles. The number of halogens is 3. The molecular weight excluding hydrogens is 415 g/mol. The smallest absolute Gasteiger partial charge is 0.191 e. The molecule has 0 fully saturated rings. The molecular formula is C16H19BrCl2N4O. The maximum atomic E-state index is 6.07. The maximum absolute atomic E-state index is 6.07. The number of ether oxygens (including phenoxy) is 1. The number of methoxy groups -OCH3 is 1. The summed E-state index contributed by atoms with van der Waals surface area (Å²) in [4.78, 5) is 4.22. The Hall–Kier alpha value is -1.37. The van der Waals surface area contributed by atoms with Crippen LogP contribution in [0.25, 0.3) is 0 Å². The first-order chi connectivity index (χ1) is 11.5. The third-order valence-electron chi connectivity index (χ3n) is 3.55. The third kappa shape index (κ3) is 4.59. The number of nitrogens with zero attached hydrogens (tertiary/aromatic N) is 2. The second kappa shape index (κ2) is 8.65. The molecule has 0 amide bonds. The topological polar surface area (TPSA) is 50.6 Å². The van der Waals surface area contributed by atoms with Gasteiger partial charge in [-0.1, -0.05) is 29.3 Å². The van der Waals surface area contributed by atoms with Gasteiger partial charge >= 0.3 is 0 Å². The predicted octanol–water partition coefficient (Wildman–Crippen LogP) is 3.97. The number of aliphatic imine (C=N–C) groups is 1. The molecule has 1 aromatic heterocycles. The van der Waals surface area contributed by atoms with Gasteiger partial charge in [0.1, 0.15) is 10.9 Å². The van der Waals surface area contributed by atoms with E-state index in [-0.39, 0.29) is 0 Å². The summed E-state index contributed by atoms with van der Waals surface area (Å²) >= 11 is 15.6. The molecule has 5 nitrogen and oxygen atoms in total. The first-order valence-electron chi connectivity index (χ1n) is 7.22. The van der Waals surface area contributed by atoms with Crippen molar-refractivity contribution in [3.63, 3.8) is 0 Å².